The first kappa shape index (κ1) is 13.3. The van der Waals surface area contributed by atoms with Gasteiger partial charge in [-0.05, 0) is 12.5 Å². The van der Waals surface area contributed by atoms with E-state index in [-0.39, 0.29) is 18.2 Å². The average molecular weight is 238 g/mol. The van der Waals surface area contributed by atoms with Crippen molar-refractivity contribution in [1.29, 1.82) is 0 Å². The highest BCUT2D eigenvalue weighted by Crippen LogP contribution is 2.17. The first-order valence-electron chi connectivity index (χ1n) is 5.58. The number of nitrogens with zero attached hydrogens (tertiary/aromatic N) is 2. The maximum atomic E-state index is 11.7. The maximum absolute atomic E-state index is 11.7. The van der Waals surface area contributed by atoms with Gasteiger partial charge in [-0.3, -0.25) is 9.59 Å². The molecule has 0 bridgehead atoms. The number of carbonyl (C=O) groups is 2. The minimum absolute atomic E-state index is 0.00232. The summed E-state index contributed by atoms with van der Waals surface area (Å²) in [5, 5.41) is 0. The lowest BCUT2D eigenvalue weighted by Gasteiger charge is -2.22. The van der Waals surface area contributed by atoms with Crippen molar-refractivity contribution in [3.8, 4) is 0 Å². The molecule has 0 saturated heterocycles. The molecular weight excluding hydrogens is 220 g/mol. The Balaban J connectivity index is 2.77. The molecule has 17 heavy (non-hydrogen) atoms. The summed E-state index contributed by atoms with van der Waals surface area (Å²) in [5.41, 5.74) is 0. The third-order valence-electron chi connectivity index (χ3n) is 2.36. The summed E-state index contributed by atoms with van der Waals surface area (Å²) >= 11 is 0. The van der Waals surface area contributed by atoms with Crippen LogP contribution in [0.25, 0.3) is 0 Å². The molecule has 0 aliphatic rings. The second-order valence-corrected chi connectivity index (χ2v) is 4.00. The van der Waals surface area contributed by atoms with E-state index in [0.717, 1.165) is 6.42 Å². The van der Waals surface area contributed by atoms with Gasteiger partial charge in [-0.25, -0.2) is 0 Å². The first-order chi connectivity index (χ1) is 8.08. The van der Waals surface area contributed by atoms with Crippen molar-refractivity contribution >= 4 is 18.1 Å². The summed E-state index contributed by atoms with van der Waals surface area (Å²) in [4.78, 5) is 25.6. The van der Waals surface area contributed by atoms with Crippen molar-refractivity contribution < 1.29 is 14.0 Å². The molecule has 1 aromatic heterocycles. The minimum atomic E-state index is 0.00232. The molecule has 94 valence electrons. The van der Waals surface area contributed by atoms with Crippen LogP contribution in [0.5, 0.6) is 0 Å². The molecule has 0 saturated carbocycles. The van der Waals surface area contributed by atoms with E-state index in [2.05, 4.69) is 0 Å². The van der Waals surface area contributed by atoms with Gasteiger partial charge in [0.2, 0.25) is 5.91 Å². The van der Waals surface area contributed by atoms with Crippen LogP contribution < -0.4 is 4.90 Å². The number of amides is 1. The van der Waals surface area contributed by atoms with Crippen LogP contribution in [-0.4, -0.2) is 44.3 Å². The van der Waals surface area contributed by atoms with Gasteiger partial charge < -0.3 is 14.2 Å². The molecule has 0 spiro atoms. The highest BCUT2D eigenvalue weighted by Gasteiger charge is 2.15. The van der Waals surface area contributed by atoms with Gasteiger partial charge in [-0.2, -0.15) is 0 Å². The van der Waals surface area contributed by atoms with Crippen LogP contribution in [0.1, 0.15) is 23.9 Å². The molecule has 1 heterocycles. The molecule has 1 aromatic rings. The van der Waals surface area contributed by atoms with Gasteiger partial charge in [-0.1, -0.05) is 6.92 Å². The molecule has 0 aliphatic carbocycles. The smallest absolute Gasteiger partial charge is 0.241 e. The fourth-order valence-corrected chi connectivity index (χ4v) is 1.42. The zero-order valence-corrected chi connectivity index (χ0v) is 10.5. The average Bonchev–Trinajstić information content (AvgIpc) is 2.76. The van der Waals surface area contributed by atoms with Gasteiger partial charge in [0.1, 0.15) is 0 Å². The largest absolute Gasteiger partial charge is 0.438 e. The Morgan fingerprint density at radius 1 is 1.41 bits per heavy atom. The lowest BCUT2D eigenvalue weighted by atomic mass is 10.3. The number of rotatable bonds is 6. The Hall–Kier alpha value is -1.78. The summed E-state index contributed by atoms with van der Waals surface area (Å²) in [5.74, 6) is 0.838. The summed E-state index contributed by atoms with van der Waals surface area (Å²) in [6.45, 7) is 2.99. The molecule has 0 N–H and O–H groups in total. The molecular formula is C12H18N2O3. The Morgan fingerprint density at radius 2 is 2.12 bits per heavy atom. The summed E-state index contributed by atoms with van der Waals surface area (Å²) in [6.07, 6.45) is 1.55. The molecule has 5 heteroatoms. The highest BCUT2D eigenvalue weighted by molar-refractivity contribution is 5.80. The van der Waals surface area contributed by atoms with Crippen LogP contribution in [0, 0.1) is 0 Å². The van der Waals surface area contributed by atoms with E-state index in [1.807, 2.05) is 11.8 Å². The fourth-order valence-electron chi connectivity index (χ4n) is 1.42. The number of hydrogen-bond acceptors (Lipinski definition) is 4. The second kappa shape index (κ2) is 6.08. The molecule has 0 radical (unpaired) electrons. The van der Waals surface area contributed by atoms with Gasteiger partial charge in [-0.15, -0.1) is 0 Å². The lowest BCUT2D eigenvalue weighted by Crippen LogP contribution is -2.36. The van der Waals surface area contributed by atoms with E-state index >= 15 is 0 Å². The van der Waals surface area contributed by atoms with Crippen LogP contribution in [-0.2, 0) is 4.79 Å². The quantitative estimate of drug-likeness (QED) is 0.703. The van der Waals surface area contributed by atoms with Gasteiger partial charge in [0.25, 0.3) is 0 Å². The molecule has 1 amide bonds. The molecule has 0 aliphatic heterocycles. The third kappa shape index (κ3) is 3.62. The van der Waals surface area contributed by atoms with Crippen LogP contribution in [0.2, 0.25) is 0 Å². The van der Waals surface area contributed by atoms with Crippen LogP contribution in [0.3, 0.4) is 0 Å². The monoisotopic (exact) mass is 238 g/mol. The first-order valence-corrected chi connectivity index (χ1v) is 5.58. The van der Waals surface area contributed by atoms with Crippen molar-refractivity contribution in [2.24, 2.45) is 0 Å². The van der Waals surface area contributed by atoms with Gasteiger partial charge in [0.15, 0.2) is 17.9 Å². The number of anilines is 1. The lowest BCUT2D eigenvalue weighted by molar-refractivity contribution is -0.127. The maximum Gasteiger partial charge on any atom is 0.241 e. The van der Waals surface area contributed by atoms with Crippen molar-refractivity contribution in [3.05, 3.63) is 17.9 Å². The van der Waals surface area contributed by atoms with E-state index in [9.17, 15) is 9.59 Å². The fraction of sp³-hybridized carbons (Fsp3) is 0.500. The number of carbonyl (C=O) groups excluding carboxylic acids is 2. The Kier molecular flexibility index (Phi) is 4.75. The molecule has 0 aromatic carbocycles. The van der Waals surface area contributed by atoms with Gasteiger partial charge in [0, 0.05) is 26.7 Å². The number of hydrogen-bond donors (Lipinski definition) is 0. The zero-order valence-electron chi connectivity index (χ0n) is 10.5. The number of aldehydes is 1. The van der Waals surface area contributed by atoms with Crippen LogP contribution in [0.4, 0.5) is 5.88 Å². The molecule has 0 unspecified atom stereocenters. The Morgan fingerprint density at radius 3 is 2.59 bits per heavy atom. The molecule has 0 fully saturated rings. The predicted octanol–water partition coefficient (Wildman–Crippen LogP) is 1.40. The van der Waals surface area contributed by atoms with Crippen molar-refractivity contribution in [2.45, 2.75) is 13.3 Å². The Bertz CT molecular complexity index is 385. The molecule has 5 nitrogen and oxygen atoms in total. The van der Waals surface area contributed by atoms with Crippen LogP contribution >= 0.6 is 0 Å². The third-order valence-corrected chi connectivity index (χ3v) is 2.36. The topological polar surface area (TPSA) is 53.8 Å². The molecule has 1 rings (SSSR count). The number of likely N-dealkylation sites (N-methyl/N-ethyl adjacent to an activating group) is 1. The van der Waals surface area contributed by atoms with Crippen LogP contribution in [0.15, 0.2) is 16.5 Å². The predicted molar refractivity (Wildman–Crippen MR) is 65.3 cm³/mol. The standard InChI is InChI=1S/C12H18N2O3/c1-4-7-14(8-11(16)13(2)3)12-6-5-10(9-15)17-12/h5-6,9H,4,7-8H2,1-3H3. The van der Waals surface area contributed by atoms with E-state index in [4.69, 9.17) is 4.42 Å². The second-order valence-electron chi connectivity index (χ2n) is 4.00. The van der Waals surface area contributed by atoms with Crippen molar-refractivity contribution in [1.82, 2.24) is 4.90 Å². The normalized spacial score (nSPS) is 10.1. The number of furan rings is 1. The van der Waals surface area contributed by atoms with Gasteiger partial charge >= 0.3 is 0 Å². The van der Waals surface area contributed by atoms with Crippen molar-refractivity contribution in [3.63, 3.8) is 0 Å². The SMILES string of the molecule is CCCN(CC(=O)N(C)C)c1ccc(C=O)o1. The Labute approximate surface area is 101 Å². The summed E-state index contributed by atoms with van der Waals surface area (Å²) in [7, 11) is 3.43. The van der Waals surface area contributed by atoms with Gasteiger partial charge in [0.05, 0.1) is 6.54 Å². The summed E-state index contributed by atoms with van der Waals surface area (Å²) < 4.78 is 5.32. The van der Waals surface area contributed by atoms with E-state index in [1.165, 1.54) is 4.90 Å². The van der Waals surface area contributed by atoms with E-state index in [1.54, 1.807) is 26.2 Å². The van der Waals surface area contributed by atoms with E-state index in [0.29, 0.717) is 18.7 Å². The minimum Gasteiger partial charge on any atom is -0.438 e. The van der Waals surface area contributed by atoms with E-state index < -0.39 is 0 Å². The van der Waals surface area contributed by atoms with Crippen molar-refractivity contribution in [2.75, 3.05) is 32.1 Å². The summed E-state index contributed by atoms with van der Waals surface area (Å²) in [6, 6.07) is 3.31. The molecule has 0 atom stereocenters. The zero-order chi connectivity index (χ0) is 12.8. The highest BCUT2D eigenvalue weighted by atomic mass is 16.4.